The van der Waals surface area contributed by atoms with Crippen molar-refractivity contribution in [2.45, 2.75) is 6.54 Å². The fourth-order valence-corrected chi connectivity index (χ4v) is 1.28. The minimum absolute atomic E-state index is 0.0764. The van der Waals surface area contributed by atoms with Gasteiger partial charge in [-0.3, -0.25) is 0 Å². The van der Waals surface area contributed by atoms with Crippen LogP contribution in [-0.2, 0) is 13.6 Å². The summed E-state index contributed by atoms with van der Waals surface area (Å²) in [6.45, 7) is 0.505. The highest BCUT2D eigenvalue weighted by molar-refractivity contribution is 5.85. The Morgan fingerprint density at radius 3 is 2.82 bits per heavy atom. The summed E-state index contributed by atoms with van der Waals surface area (Å²) in [7, 11) is 1.89. The quantitative estimate of drug-likeness (QED) is 0.799. The van der Waals surface area contributed by atoms with E-state index >= 15 is 0 Å². The average Bonchev–Trinajstić information content (AvgIpc) is 2.73. The largest absolute Gasteiger partial charge is 0.476 e. The van der Waals surface area contributed by atoms with E-state index in [4.69, 9.17) is 5.11 Å². The van der Waals surface area contributed by atoms with Gasteiger partial charge < -0.3 is 15.0 Å². The molecule has 2 heterocycles. The van der Waals surface area contributed by atoms with Crippen molar-refractivity contribution in [2.75, 3.05) is 5.32 Å². The van der Waals surface area contributed by atoms with Crippen LogP contribution in [0.2, 0.25) is 0 Å². The summed E-state index contributed by atoms with van der Waals surface area (Å²) in [4.78, 5) is 14.7. The zero-order valence-electron chi connectivity index (χ0n) is 9.16. The summed E-state index contributed by atoms with van der Waals surface area (Å²) in [6, 6.07) is 2.97. The van der Waals surface area contributed by atoms with Gasteiger partial charge in [-0.1, -0.05) is 0 Å². The third-order valence-electron chi connectivity index (χ3n) is 2.23. The molecule has 0 saturated heterocycles. The minimum Gasteiger partial charge on any atom is -0.476 e. The number of hydrogen-bond acceptors (Lipinski definition) is 5. The Labute approximate surface area is 97.1 Å². The van der Waals surface area contributed by atoms with Crippen molar-refractivity contribution in [1.29, 1.82) is 0 Å². The smallest absolute Gasteiger partial charge is 0.356 e. The van der Waals surface area contributed by atoms with Crippen molar-refractivity contribution in [2.24, 2.45) is 7.05 Å². The van der Waals surface area contributed by atoms with Gasteiger partial charge in [-0.05, 0) is 12.1 Å². The number of carbonyl (C=O) groups is 1. The van der Waals surface area contributed by atoms with E-state index in [1.165, 1.54) is 6.07 Å². The van der Waals surface area contributed by atoms with Crippen LogP contribution in [0.3, 0.4) is 0 Å². The van der Waals surface area contributed by atoms with Gasteiger partial charge in [0, 0.05) is 19.4 Å². The molecule has 7 heteroatoms. The molecule has 2 aromatic rings. The third-order valence-corrected chi connectivity index (χ3v) is 2.23. The van der Waals surface area contributed by atoms with Crippen molar-refractivity contribution >= 4 is 11.8 Å². The van der Waals surface area contributed by atoms with Crippen LogP contribution in [0, 0.1) is 0 Å². The van der Waals surface area contributed by atoms with Crippen molar-refractivity contribution < 1.29 is 9.90 Å². The zero-order valence-corrected chi connectivity index (χ0v) is 9.16. The minimum atomic E-state index is -1.09. The molecule has 2 N–H and O–H groups in total. The Morgan fingerprint density at radius 2 is 2.29 bits per heavy atom. The van der Waals surface area contributed by atoms with Gasteiger partial charge in [0.15, 0.2) is 5.69 Å². The number of nitrogens with zero attached hydrogens (tertiary/aromatic N) is 4. The van der Waals surface area contributed by atoms with E-state index in [0.29, 0.717) is 12.4 Å². The molecule has 2 rings (SSSR count). The zero-order chi connectivity index (χ0) is 12.3. The number of carboxylic acids is 1. The first-order valence-electron chi connectivity index (χ1n) is 4.94. The van der Waals surface area contributed by atoms with Gasteiger partial charge in [0.25, 0.3) is 0 Å². The van der Waals surface area contributed by atoms with Crippen molar-refractivity contribution in [3.05, 3.63) is 36.0 Å². The molecular weight excluding hydrogens is 222 g/mol. The second-order valence-corrected chi connectivity index (χ2v) is 3.42. The number of imidazole rings is 1. The van der Waals surface area contributed by atoms with E-state index in [2.05, 4.69) is 20.5 Å². The van der Waals surface area contributed by atoms with Crippen LogP contribution in [0.4, 0.5) is 5.82 Å². The van der Waals surface area contributed by atoms with Gasteiger partial charge in [0.05, 0.1) is 6.54 Å². The molecule has 0 bridgehead atoms. The van der Waals surface area contributed by atoms with Gasteiger partial charge in [0.2, 0.25) is 0 Å². The number of hydrogen-bond donors (Lipinski definition) is 2. The second kappa shape index (κ2) is 4.60. The lowest BCUT2D eigenvalue weighted by Crippen LogP contribution is -2.08. The molecule has 0 amide bonds. The first kappa shape index (κ1) is 11.1. The molecule has 17 heavy (non-hydrogen) atoms. The Morgan fingerprint density at radius 1 is 1.47 bits per heavy atom. The standard InChI is InChI=1S/C10H11N5O2/c1-15-5-4-11-9(15)6-12-8-3-2-7(10(16)17)13-14-8/h2-5H,6H2,1H3,(H,12,14)(H,16,17). The normalized spacial score (nSPS) is 10.2. The van der Waals surface area contributed by atoms with Crippen molar-refractivity contribution in [3.8, 4) is 0 Å². The summed E-state index contributed by atoms with van der Waals surface area (Å²) in [5.74, 6) is 0.278. The SMILES string of the molecule is Cn1ccnc1CNc1ccc(C(=O)O)nn1. The fraction of sp³-hybridized carbons (Fsp3) is 0.200. The molecular formula is C10H11N5O2. The number of aromatic carboxylic acids is 1. The number of carboxylic acid groups (broad SMARTS) is 1. The van der Waals surface area contributed by atoms with Gasteiger partial charge in [-0.15, -0.1) is 10.2 Å². The Balaban J connectivity index is 2.00. The van der Waals surface area contributed by atoms with Gasteiger partial charge in [-0.25, -0.2) is 9.78 Å². The topological polar surface area (TPSA) is 92.9 Å². The van der Waals surface area contributed by atoms with Gasteiger partial charge in [0.1, 0.15) is 11.6 Å². The number of aromatic nitrogens is 4. The average molecular weight is 233 g/mol. The molecule has 7 nitrogen and oxygen atoms in total. The lowest BCUT2D eigenvalue weighted by molar-refractivity contribution is 0.0689. The highest BCUT2D eigenvalue weighted by Crippen LogP contribution is 2.04. The molecule has 0 radical (unpaired) electrons. The molecule has 0 aliphatic carbocycles. The van der Waals surface area contributed by atoms with Crippen LogP contribution in [0.1, 0.15) is 16.3 Å². The van der Waals surface area contributed by atoms with Crippen LogP contribution in [0.25, 0.3) is 0 Å². The molecule has 0 spiro atoms. The first-order chi connectivity index (χ1) is 8.16. The molecule has 0 fully saturated rings. The molecule has 0 atom stereocenters. The van der Waals surface area contributed by atoms with Crippen LogP contribution in [0.5, 0.6) is 0 Å². The summed E-state index contributed by atoms with van der Waals surface area (Å²) in [5.41, 5.74) is -0.0764. The predicted octanol–water partition coefficient (Wildman–Crippen LogP) is 0.520. The van der Waals surface area contributed by atoms with E-state index < -0.39 is 5.97 Å². The third kappa shape index (κ3) is 2.57. The van der Waals surface area contributed by atoms with E-state index in [1.807, 2.05) is 17.8 Å². The van der Waals surface area contributed by atoms with Crippen LogP contribution >= 0.6 is 0 Å². The Bertz CT molecular complexity index is 520. The highest BCUT2D eigenvalue weighted by atomic mass is 16.4. The fourth-order valence-electron chi connectivity index (χ4n) is 1.28. The Hall–Kier alpha value is -2.44. The monoisotopic (exact) mass is 233 g/mol. The summed E-state index contributed by atoms with van der Waals surface area (Å²) in [5, 5.41) is 19.0. The molecule has 0 unspecified atom stereocenters. The van der Waals surface area contributed by atoms with Gasteiger partial charge in [-0.2, -0.15) is 0 Å². The molecule has 0 aliphatic heterocycles. The predicted molar refractivity (Wildman–Crippen MR) is 59.5 cm³/mol. The molecule has 0 aromatic carbocycles. The van der Waals surface area contributed by atoms with E-state index in [9.17, 15) is 4.79 Å². The maximum absolute atomic E-state index is 10.6. The van der Waals surface area contributed by atoms with E-state index in [1.54, 1.807) is 12.3 Å². The molecule has 88 valence electrons. The number of aryl methyl sites for hydroxylation is 1. The first-order valence-corrected chi connectivity index (χ1v) is 4.94. The second-order valence-electron chi connectivity index (χ2n) is 3.42. The summed E-state index contributed by atoms with van der Waals surface area (Å²) >= 11 is 0. The maximum Gasteiger partial charge on any atom is 0.356 e. The lowest BCUT2D eigenvalue weighted by Gasteiger charge is -2.04. The van der Waals surface area contributed by atoms with Crippen LogP contribution in [-0.4, -0.2) is 30.8 Å². The molecule has 0 aliphatic rings. The summed E-state index contributed by atoms with van der Waals surface area (Å²) < 4.78 is 1.88. The number of anilines is 1. The number of rotatable bonds is 4. The Kier molecular flexibility index (Phi) is 2.99. The van der Waals surface area contributed by atoms with E-state index in [-0.39, 0.29) is 5.69 Å². The summed E-state index contributed by atoms with van der Waals surface area (Å²) in [6.07, 6.45) is 3.55. The number of nitrogens with one attached hydrogen (secondary N) is 1. The van der Waals surface area contributed by atoms with E-state index in [0.717, 1.165) is 5.82 Å². The van der Waals surface area contributed by atoms with Crippen molar-refractivity contribution in [3.63, 3.8) is 0 Å². The van der Waals surface area contributed by atoms with Crippen LogP contribution in [0.15, 0.2) is 24.5 Å². The highest BCUT2D eigenvalue weighted by Gasteiger charge is 2.05. The van der Waals surface area contributed by atoms with Crippen LogP contribution < -0.4 is 5.32 Å². The lowest BCUT2D eigenvalue weighted by atomic mass is 10.4. The van der Waals surface area contributed by atoms with Crippen molar-refractivity contribution in [1.82, 2.24) is 19.7 Å². The molecule has 0 saturated carbocycles. The van der Waals surface area contributed by atoms with Gasteiger partial charge >= 0.3 is 5.97 Å². The molecule has 2 aromatic heterocycles. The maximum atomic E-state index is 10.6.